The van der Waals surface area contributed by atoms with Crippen LogP contribution in [0, 0.1) is 0 Å². The Bertz CT molecular complexity index is 899. The first kappa shape index (κ1) is 24.4. The number of hydrazone groups is 1. The lowest BCUT2D eigenvalue weighted by Crippen LogP contribution is -2.53. The van der Waals surface area contributed by atoms with Crippen LogP contribution >= 0.6 is 23.2 Å². The van der Waals surface area contributed by atoms with Gasteiger partial charge in [-0.2, -0.15) is 5.10 Å². The van der Waals surface area contributed by atoms with Crippen molar-refractivity contribution in [2.24, 2.45) is 16.8 Å². The third-order valence-electron chi connectivity index (χ3n) is 5.66. The summed E-state index contributed by atoms with van der Waals surface area (Å²) in [7, 11) is 1.66. The van der Waals surface area contributed by atoms with Crippen LogP contribution in [0.15, 0.2) is 41.8 Å². The average Bonchev–Trinajstić information content (AvgIpc) is 2.81. The van der Waals surface area contributed by atoms with Crippen LogP contribution in [0.4, 0.5) is 5.69 Å². The molecule has 4 N–H and O–H groups in total. The molecule has 0 saturated carbocycles. The number of nitrogens with zero attached hydrogens (tertiary/aromatic N) is 5. The number of methoxy groups -OCH3 is 1. The Morgan fingerprint density at radius 2 is 1.91 bits per heavy atom. The van der Waals surface area contributed by atoms with E-state index in [1.165, 1.54) is 0 Å². The van der Waals surface area contributed by atoms with Gasteiger partial charge in [-0.1, -0.05) is 48.7 Å². The van der Waals surface area contributed by atoms with Gasteiger partial charge in [0.2, 0.25) is 0 Å². The van der Waals surface area contributed by atoms with Crippen molar-refractivity contribution < 1.29 is 4.74 Å². The van der Waals surface area contributed by atoms with Gasteiger partial charge in [0.15, 0.2) is 5.84 Å². The molecule has 174 valence electrons. The summed E-state index contributed by atoms with van der Waals surface area (Å²) >= 11 is 12.8. The first-order valence-corrected chi connectivity index (χ1v) is 11.5. The van der Waals surface area contributed by atoms with Crippen LogP contribution < -0.4 is 21.3 Å². The number of hydrogen-bond acceptors (Lipinski definition) is 7. The Kier molecular flexibility index (Phi) is 8.81. The number of piperazine rings is 1. The largest absolute Gasteiger partial charge is 0.497 e. The number of pyridine rings is 1. The summed E-state index contributed by atoms with van der Waals surface area (Å²) in [5.41, 5.74) is 1.84. The standard InChI is InChI=1S/C22H31Cl2N7O/c1-3-4-8-31(26)22(28-25)20(16-6-5-7-17(13-16)32-2)29-9-11-30(12-10-29)21-18(23)14-27-15-19(21)24/h5-7,13-15,20H,3-4,8-12,25-26H2,1-2H3/b28-22-. The van der Waals surface area contributed by atoms with E-state index in [4.69, 9.17) is 39.6 Å². The quantitative estimate of drug-likeness (QED) is 0.258. The lowest BCUT2D eigenvalue weighted by Gasteiger charge is -2.42. The molecular weight excluding hydrogens is 449 g/mol. The Labute approximate surface area is 199 Å². The summed E-state index contributed by atoms with van der Waals surface area (Å²) in [6.45, 7) is 5.77. The van der Waals surface area contributed by atoms with E-state index >= 15 is 0 Å². The van der Waals surface area contributed by atoms with Crippen LogP contribution in [-0.4, -0.2) is 60.6 Å². The normalized spacial score (nSPS) is 16.2. The molecule has 0 bridgehead atoms. The van der Waals surface area contributed by atoms with Gasteiger partial charge >= 0.3 is 0 Å². The van der Waals surface area contributed by atoms with Gasteiger partial charge in [0.05, 0.1) is 28.9 Å². The summed E-state index contributed by atoms with van der Waals surface area (Å²) in [5, 5.41) is 6.88. The van der Waals surface area contributed by atoms with Crippen molar-refractivity contribution in [3.8, 4) is 5.75 Å². The molecule has 0 amide bonds. The highest BCUT2D eigenvalue weighted by molar-refractivity contribution is 6.38. The topological polar surface area (TPSA) is 96.2 Å². The van der Waals surface area contributed by atoms with Gasteiger partial charge in [-0.05, 0) is 24.1 Å². The number of benzene rings is 1. The number of rotatable bonds is 8. The van der Waals surface area contributed by atoms with Gasteiger partial charge in [-0.3, -0.25) is 14.9 Å². The van der Waals surface area contributed by atoms with Gasteiger partial charge in [-0.25, -0.2) is 5.84 Å². The summed E-state index contributed by atoms with van der Waals surface area (Å²) in [4.78, 5) is 8.56. The van der Waals surface area contributed by atoms with Crippen molar-refractivity contribution in [2.45, 2.75) is 25.8 Å². The van der Waals surface area contributed by atoms with Crippen molar-refractivity contribution in [1.29, 1.82) is 0 Å². The summed E-state index contributed by atoms with van der Waals surface area (Å²) in [6.07, 6.45) is 5.22. The fourth-order valence-corrected chi connectivity index (χ4v) is 4.59. The second-order valence-corrected chi connectivity index (χ2v) is 8.50. The van der Waals surface area contributed by atoms with Crippen LogP contribution in [0.3, 0.4) is 0 Å². The van der Waals surface area contributed by atoms with Gasteiger partial charge < -0.3 is 15.5 Å². The Morgan fingerprint density at radius 3 is 2.50 bits per heavy atom. The number of halogens is 2. The molecule has 1 aliphatic rings. The maximum absolute atomic E-state index is 6.40. The molecule has 8 nitrogen and oxygen atoms in total. The minimum atomic E-state index is -0.206. The van der Waals surface area contributed by atoms with E-state index in [1.54, 1.807) is 24.5 Å². The van der Waals surface area contributed by atoms with E-state index in [9.17, 15) is 0 Å². The Balaban J connectivity index is 1.87. The van der Waals surface area contributed by atoms with Crippen molar-refractivity contribution in [3.63, 3.8) is 0 Å². The first-order chi connectivity index (χ1) is 15.5. The molecule has 10 heteroatoms. The molecule has 1 aliphatic heterocycles. The third kappa shape index (κ3) is 5.56. The second kappa shape index (κ2) is 11.6. The number of hydrogen-bond donors (Lipinski definition) is 2. The van der Waals surface area contributed by atoms with E-state index in [0.29, 0.717) is 22.4 Å². The minimum absolute atomic E-state index is 0.206. The second-order valence-electron chi connectivity index (χ2n) is 7.69. The summed E-state index contributed by atoms with van der Waals surface area (Å²) in [5.74, 6) is 13.7. The summed E-state index contributed by atoms with van der Waals surface area (Å²) < 4.78 is 5.45. The number of nitrogens with two attached hydrogens (primary N) is 2. The Morgan fingerprint density at radius 1 is 1.22 bits per heavy atom. The van der Waals surface area contributed by atoms with Gasteiger partial charge in [0.25, 0.3) is 0 Å². The zero-order valence-electron chi connectivity index (χ0n) is 18.5. The monoisotopic (exact) mass is 479 g/mol. The highest BCUT2D eigenvalue weighted by atomic mass is 35.5. The van der Waals surface area contributed by atoms with Gasteiger partial charge in [-0.15, -0.1) is 0 Å². The minimum Gasteiger partial charge on any atom is -0.497 e. The van der Waals surface area contributed by atoms with Gasteiger partial charge in [0.1, 0.15) is 5.75 Å². The molecule has 2 aromatic rings. The van der Waals surface area contributed by atoms with Crippen molar-refractivity contribution in [1.82, 2.24) is 14.9 Å². The van der Waals surface area contributed by atoms with Crippen LogP contribution in [0.25, 0.3) is 0 Å². The van der Waals surface area contributed by atoms with E-state index in [2.05, 4.69) is 32.9 Å². The molecule has 32 heavy (non-hydrogen) atoms. The maximum atomic E-state index is 6.40. The van der Waals surface area contributed by atoms with Crippen LogP contribution in [0.5, 0.6) is 5.75 Å². The van der Waals surface area contributed by atoms with Crippen molar-refractivity contribution in [2.75, 3.05) is 44.7 Å². The van der Waals surface area contributed by atoms with E-state index in [1.807, 2.05) is 18.2 Å². The van der Waals surface area contributed by atoms with Crippen molar-refractivity contribution in [3.05, 3.63) is 52.3 Å². The zero-order chi connectivity index (χ0) is 23.1. The van der Waals surface area contributed by atoms with Crippen LogP contribution in [0.2, 0.25) is 10.0 Å². The molecule has 3 rings (SSSR count). The molecular formula is C22H31Cl2N7O. The van der Waals surface area contributed by atoms with E-state index in [-0.39, 0.29) is 6.04 Å². The van der Waals surface area contributed by atoms with E-state index in [0.717, 1.165) is 56.0 Å². The molecule has 0 aliphatic carbocycles. The number of aromatic nitrogens is 1. The maximum Gasteiger partial charge on any atom is 0.160 e. The molecule has 1 atom stereocenters. The fraction of sp³-hybridized carbons (Fsp3) is 0.455. The molecule has 1 unspecified atom stereocenters. The fourth-order valence-electron chi connectivity index (χ4n) is 3.99. The molecule has 0 spiro atoms. The van der Waals surface area contributed by atoms with Crippen molar-refractivity contribution >= 4 is 34.7 Å². The molecule has 0 radical (unpaired) electrons. The molecule has 2 heterocycles. The third-order valence-corrected chi connectivity index (χ3v) is 6.21. The number of amidine groups is 1. The molecule has 1 fully saturated rings. The number of hydrazine groups is 1. The number of unbranched alkanes of at least 4 members (excludes halogenated alkanes) is 1. The number of anilines is 1. The summed E-state index contributed by atoms with van der Waals surface area (Å²) in [6, 6.07) is 7.74. The first-order valence-electron chi connectivity index (χ1n) is 10.7. The smallest absolute Gasteiger partial charge is 0.160 e. The van der Waals surface area contributed by atoms with Crippen LogP contribution in [-0.2, 0) is 0 Å². The SMILES string of the molecule is CCCCN(N)/C(=N\N)C(c1cccc(OC)c1)N1CCN(c2c(Cl)cncc2Cl)CC1. The van der Waals surface area contributed by atoms with Gasteiger partial charge in [0, 0.05) is 45.1 Å². The highest BCUT2D eigenvalue weighted by Crippen LogP contribution is 2.34. The zero-order valence-corrected chi connectivity index (χ0v) is 20.1. The Hall–Kier alpha value is -2.26. The highest BCUT2D eigenvalue weighted by Gasteiger charge is 2.32. The van der Waals surface area contributed by atoms with E-state index < -0.39 is 0 Å². The predicted molar refractivity (Wildman–Crippen MR) is 131 cm³/mol. The molecule has 1 aromatic heterocycles. The predicted octanol–water partition coefficient (Wildman–Crippen LogP) is 3.51. The number of ether oxygens (including phenoxy) is 1. The molecule has 1 saturated heterocycles. The lowest BCUT2D eigenvalue weighted by molar-refractivity contribution is 0.213. The molecule has 1 aromatic carbocycles. The average molecular weight is 480 g/mol. The van der Waals surface area contributed by atoms with Crippen LogP contribution in [0.1, 0.15) is 31.4 Å². The lowest BCUT2D eigenvalue weighted by atomic mass is 10.0.